The SMILES string of the molecule is COCCn1c(C)cc(C=NNc2ccc([N+](=O)[O-])cc2S(=O)(=O)Nc2ccccc2C(=O)O)c1C. The van der Waals surface area contributed by atoms with Crippen molar-refractivity contribution in [2.45, 2.75) is 25.3 Å². The van der Waals surface area contributed by atoms with Crippen LogP contribution in [0.3, 0.4) is 0 Å². The summed E-state index contributed by atoms with van der Waals surface area (Å²) in [6.45, 7) is 5.04. The Kier molecular flexibility index (Phi) is 8.07. The normalized spacial score (nSPS) is 11.5. The van der Waals surface area contributed by atoms with E-state index in [1.165, 1.54) is 36.5 Å². The summed E-state index contributed by atoms with van der Waals surface area (Å²) in [6.07, 6.45) is 1.51. The van der Waals surface area contributed by atoms with Crippen LogP contribution in [-0.4, -0.2) is 48.9 Å². The highest BCUT2D eigenvalue weighted by molar-refractivity contribution is 7.93. The Bertz CT molecular complexity index is 1430. The number of rotatable bonds is 11. The molecular formula is C23H25N5O7S. The molecule has 0 aliphatic heterocycles. The number of non-ortho nitro benzene ring substituents is 1. The Morgan fingerprint density at radius 2 is 1.92 bits per heavy atom. The Balaban J connectivity index is 1.95. The number of aryl methyl sites for hydroxylation is 1. The minimum Gasteiger partial charge on any atom is -0.478 e. The smallest absolute Gasteiger partial charge is 0.337 e. The number of aromatic nitrogens is 1. The second-order valence-electron chi connectivity index (χ2n) is 7.73. The number of nitrogens with zero attached hydrogens (tertiary/aromatic N) is 3. The molecule has 3 N–H and O–H groups in total. The Labute approximate surface area is 207 Å². The molecule has 0 bridgehead atoms. The molecule has 3 aromatic rings. The number of hydrogen-bond acceptors (Lipinski definition) is 8. The molecule has 0 saturated heterocycles. The second-order valence-corrected chi connectivity index (χ2v) is 9.39. The number of para-hydroxylation sites is 1. The van der Waals surface area contributed by atoms with Gasteiger partial charge in [-0.25, -0.2) is 13.2 Å². The first-order valence-corrected chi connectivity index (χ1v) is 12.1. The maximum atomic E-state index is 13.2. The minimum absolute atomic E-state index is 0.0367. The van der Waals surface area contributed by atoms with Gasteiger partial charge in [0.2, 0.25) is 0 Å². The van der Waals surface area contributed by atoms with Crippen LogP contribution in [-0.2, 0) is 21.3 Å². The van der Waals surface area contributed by atoms with Gasteiger partial charge in [-0.1, -0.05) is 12.1 Å². The van der Waals surface area contributed by atoms with Gasteiger partial charge in [-0.15, -0.1) is 0 Å². The predicted molar refractivity (Wildman–Crippen MR) is 134 cm³/mol. The number of hydrazone groups is 1. The van der Waals surface area contributed by atoms with E-state index >= 15 is 0 Å². The monoisotopic (exact) mass is 515 g/mol. The molecule has 0 fully saturated rings. The second kappa shape index (κ2) is 11.0. The maximum Gasteiger partial charge on any atom is 0.337 e. The van der Waals surface area contributed by atoms with E-state index in [-0.39, 0.29) is 16.9 Å². The van der Waals surface area contributed by atoms with Crippen LogP contribution in [0.5, 0.6) is 0 Å². The fourth-order valence-corrected chi connectivity index (χ4v) is 4.81. The average molecular weight is 516 g/mol. The van der Waals surface area contributed by atoms with Gasteiger partial charge < -0.3 is 14.4 Å². The summed E-state index contributed by atoms with van der Waals surface area (Å²) < 4.78 is 35.7. The fourth-order valence-electron chi connectivity index (χ4n) is 3.55. The van der Waals surface area contributed by atoms with Gasteiger partial charge >= 0.3 is 5.97 Å². The van der Waals surface area contributed by atoms with Crippen LogP contribution in [0.2, 0.25) is 0 Å². The zero-order valence-corrected chi connectivity index (χ0v) is 20.6. The molecule has 0 unspecified atom stereocenters. The fraction of sp³-hybridized carbons (Fsp3) is 0.217. The summed E-state index contributed by atoms with van der Waals surface area (Å²) >= 11 is 0. The van der Waals surface area contributed by atoms with Gasteiger partial charge in [0.1, 0.15) is 4.90 Å². The highest BCUT2D eigenvalue weighted by Crippen LogP contribution is 2.29. The summed E-state index contributed by atoms with van der Waals surface area (Å²) in [6, 6.07) is 10.6. The summed E-state index contributed by atoms with van der Waals surface area (Å²) in [4.78, 5) is 21.6. The van der Waals surface area contributed by atoms with Gasteiger partial charge in [-0.05, 0) is 38.1 Å². The number of aromatic carboxylic acids is 1. The van der Waals surface area contributed by atoms with Crippen molar-refractivity contribution >= 4 is 39.3 Å². The van der Waals surface area contributed by atoms with Crippen LogP contribution < -0.4 is 10.1 Å². The lowest BCUT2D eigenvalue weighted by atomic mass is 10.2. The van der Waals surface area contributed by atoms with Crippen molar-refractivity contribution in [3.63, 3.8) is 0 Å². The minimum atomic E-state index is -4.44. The van der Waals surface area contributed by atoms with Crippen molar-refractivity contribution in [1.29, 1.82) is 0 Å². The lowest BCUT2D eigenvalue weighted by Gasteiger charge is -2.13. The third-order valence-electron chi connectivity index (χ3n) is 5.39. The summed E-state index contributed by atoms with van der Waals surface area (Å²) in [5.41, 5.74) is 4.38. The van der Waals surface area contributed by atoms with Crippen LogP contribution in [0.1, 0.15) is 27.3 Å². The van der Waals surface area contributed by atoms with E-state index in [0.717, 1.165) is 29.1 Å². The lowest BCUT2D eigenvalue weighted by Crippen LogP contribution is -2.17. The number of anilines is 2. The largest absolute Gasteiger partial charge is 0.478 e. The molecule has 1 heterocycles. The third-order valence-corrected chi connectivity index (χ3v) is 6.79. The van der Waals surface area contributed by atoms with Crippen molar-refractivity contribution in [3.8, 4) is 0 Å². The number of carboxylic acid groups (broad SMARTS) is 1. The summed E-state index contributed by atoms with van der Waals surface area (Å²) in [5.74, 6) is -1.33. The van der Waals surface area contributed by atoms with Crippen LogP contribution in [0.25, 0.3) is 0 Å². The van der Waals surface area contributed by atoms with Gasteiger partial charge in [0, 0.05) is 42.7 Å². The van der Waals surface area contributed by atoms with Crippen LogP contribution >= 0.6 is 0 Å². The number of nitro benzene ring substituents is 1. The average Bonchev–Trinajstić information content (AvgIpc) is 3.09. The van der Waals surface area contributed by atoms with E-state index in [9.17, 15) is 28.4 Å². The van der Waals surface area contributed by atoms with Gasteiger partial charge in [-0.2, -0.15) is 5.10 Å². The van der Waals surface area contributed by atoms with Crippen LogP contribution in [0.15, 0.2) is 58.5 Å². The van der Waals surface area contributed by atoms with Gasteiger partial charge in [0.05, 0.1) is 34.7 Å². The molecule has 0 spiro atoms. The predicted octanol–water partition coefficient (Wildman–Crippen LogP) is 3.60. The molecule has 0 atom stereocenters. The molecule has 0 amide bonds. The maximum absolute atomic E-state index is 13.2. The molecule has 0 aliphatic rings. The first kappa shape index (κ1) is 26.4. The highest BCUT2D eigenvalue weighted by atomic mass is 32.2. The van der Waals surface area contributed by atoms with Crippen molar-refractivity contribution in [2.24, 2.45) is 5.10 Å². The van der Waals surface area contributed by atoms with E-state index in [4.69, 9.17) is 4.74 Å². The standard InChI is InChI=1S/C23H25N5O7S/c1-15-12-17(16(2)27(15)10-11-35-3)14-24-25-21-9-8-18(28(31)32)13-22(21)36(33,34)26-20-7-5-4-6-19(20)23(29)30/h4-9,12-14,25-26H,10-11H2,1-3H3,(H,29,30). The number of benzene rings is 2. The highest BCUT2D eigenvalue weighted by Gasteiger charge is 2.24. The molecule has 13 heteroatoms. The van der Waals surface area contributed by atoms with E-state index in [2.05, 4.69) is 19.8 Å². The topological polar surface area (TPSA) is 165 Å². The third kappa shape index (κ3) is 5.87. The number of nitrogens with one attached hydrogen (secondary N) is 2. The number of carbonyl (C=O) groups is 1. The van der Waals surface area contributed by atoms with Crippen molar-refractivity contribution in [2.75, 3.05) is 23.9 Å². The molecule has 190 valence electrons. The van der Waals surface area contributed by atoms with Crippen molar-refractivity contribution in [1.82, 2.24) is 4.57 Å². The molecule has 36 heavy (non-hydrogen) atoms. The molecule has 2 aromatic carbocycles. The molecular weight excluding hydrogens is 490 g/mol. The Hall–Kier alpha value is -4.23. The summed E-state index contributed by atoms with van der Waals surface area (Å²) in [7, 11) is -2.83. The first-order chi connectivity index (χ1) is 17.0. The number of methoxy groups -OCH3 is 1. The number of carboxylic acids is 1. The van der Waals surface area contributed by atoms with Crippen molar-refractivity contribution < 1.29 is 28.0 Å². The van der Waals surface area contributed by atoms with Crippen LogP contribution in [0, 0.1) is 24.0 Å². The summed E-state index contributed by atoms with van der Waals surface area (Å²) in [5, 5.41) is 24.8. The van der Waals surface area contributed by atoms with E-state index in [1.807, 2.05) is 19.9 Å². The van der Waals surface area contributed by atoms with E-state index in [1.54, 1.807) is 7.11 Å². The molecule has 0 saturated carbocycles. The number of hydrogen-bond donors (Lipinski definition) is 3. The molecule has 0 radical (unpaired) electrons. The van der Waals surface area contributed by atoms with Crippen LogP contribution in [0.4, 0.5) is 17.1 Å². The van der Waals surface area contributed by atoms with Crippen molar-refractivity contribution in [3.05, 3.63) is 81.2 Å². The molecule has 3 rings (SSSR count). The Morgan fingerprint density at radius 3 is 2.58 bits per heavy atom. The van der Waals surface area contributed by atoms with E-state index < -0.39 is 31.5 Å². The molecule has 12 nitrogen and oxygen atoms in total. The van der Waals surface area contributed by atoms with Gasteiger partial charge in [0.25, 0.3) is 15.7 Å². The van der Waals surface area contributed by atoms with E-state index in [0.29, 0.717) is 13.2 Å². The first-order valence-electron chi connectivity index (χ1n) is 10.6. The quantitative estimate of drug-likeness (QED) is 0.198. The number of nitro groups is 1. The zero-order valence-electron chi connectivity index (χ0n) is 19.8. The number of ether oxygens (including phenoxy) is 1. The zero-order chi connectivity index (χ0) is 26.5. The number of sulfonamides is 1. The Morgan fingerprint density at radius 1 is 1.19 bits per heavy atom. The molecule has 0 aliphatic carbocycles. The lowest BCUT2D eigenvalue weighted by molar-refractivity contribution is -0.385. The van der Waals surface area contributed by atoms with Gasteiger partial charge in [0.15, 0.2) is 0 Å². The van der Waals surface area contributed by atoms with Gasteiger partial charge in [-0.3, -0.25) is 20.3 Å². The molecule has 1 aromatic heterocycles.